The van der Waals surface area contributed by atoms with E-state index < -0.39 is 0 Å². The fourth-order valence-electron chi connectivity index (χ4n) is 2.47. The number of hydrogen-bond acceptors (Lipinski definition) is 4. The third-order valence-corrected chi connectivity index (χ3v) is 3.78. The Hall–Kier alpha value is -1.59. The van der Waals surface area contributed by atoms with Gasteiger partial charge in [-0.1, -0.05) is 12.1 Å². The lowest BCUT2D eigenvalue weighted by atomic mass is 10.0. The second-order valence-electron chi connectivity index (χ2n) is 5.09. The van der Waals surface area contributed by atoms with E-state index in [-0.39, 0.29) is 12.5 Å². The Morgan fingerprint density at radius 1 is 1.35 bits per heavy atom. The first-order chi connectivity index (χ1) is 9.72. The van der Waals surface area contributed by atoms with Crippen molar-refractivity contribution in [1.29, 1.82) is 0 Å². The largest absolute Gasteiger partial charge is 0.497 e. The molecule has 0 spiro atoms. The summed E-state index contributed by atoms with van der Waals surface area (Å²) in [6.45, 7) is 2.57. The summed E-state index contributed by atoms with van der Waals surface area (Å²) in [7, 11) is 1.67. The third kappa shape index (κ3) is 3.95. The summed E-state index contributed by atoms with van der Waals surface area (Å²) >= 11 is 0. The number of carbonyl (C=O) groups is 1. The van der Waals surface area contributed by atoms with Crippen molar-refractivity contribution in [2.45, 2.75) is 25.4 Å². The van der Waals surface area contributed by atoms with E-state index in [4.69, 9.17) is 10.5 Å². The van der Waals surface area contributed by atoms with E-state index in [2.05, 4.69) is 17.4 Å². The zero-order valence-electron chi connectivity index (χ0n) is 12.0. The third-order valence-electron chi connectivity index (χ3n) is 3.78. The molecule has 1 saturated heterocycles. The molecule has 2 rings (SSSR count). The van der Waals surface area contributed by atoms with Gasteiger partial charge in [-0.05, 0) is 30.5 Å². The average Bonchev–Trinajstić information content (AvgIpc) is 2.53. The normalized spacial score (nSPS) is 16.2. The number of piperidine rings is 1. The van der Waals surface area contributed by atoms with Crippen molar-refractivity contribution in [2.24, 2.45) is 5.73 Å². The molecule has 0 atom stereocenters. The standard InChI is InChI=1S/C15H23N3O2/c1-20-14-4-2-12(3-5-14)11-17-13-6-8-18(9-7-13)15(19)10-16/h2-5,13,17H,6-11,16H2,1H3. The zero-order valence-corrected chi connectivity index (χ0v) is 12.0. The second-order valence-corrected chi connectivity index (χ2v) is 5.09. The minimum atomic E-state index is 0.0543. The second kappa shape index (κ2) is 7.26. The highest BCUT2D eigenvalue weighted by Gasteiger charge is 2.21. The predicted molar refractivity (Wildman–Crippen MR) is 78.5 cm³/mol. The Kier molecular flexibility index (Phi) is 5.38. The molecule has 110 valence electrons. The van der Waals surface area contributed by atoms with Crippen LogP contribution in [0.15, 0.2) is 24.3 Å². The topological polar surface area (TPSA) is 67.6 Å². The molecule has 0 aromatic heterocycles. The molecule has 0 aliphatic carbocycles. The molecule has 1 heterocycles. The maximum atomic E-state index is 11.5. The van der Waals surface area contributed by atoms with E-state index in [1.165, 1.54) is 5.56 Å². The van der Waals surface area contributed by atoms with Gasteiger partial charge >= 0.3 is 0 Å². The molecular formula is C15H23N3O2. The van der Waals surface area contributed by atoms with Gasteiger partial charge in [0.05, 0.1) is 13.7 Å². The fourth-order valence-corrected chi connectivity index (χ4v) is 2.47. The molecule has 5 nitrogen and oxygen atoms in total. The first-order valence-electron chi connectivity index (χ1n) is 7.07. The van der Waals surface area contributed by atoms with Crippen LogP contribution in [-0.4, -0.2) is 43.6 Å². The highest BCUT2D eigenvalue weighted by molar-refractivity contribution is 5.78. The summed E-state index contributed by atoms with van der Waals surface area (Å²) in [5.41, 5.74) is 6.62. The Labute approximate surface area is 120 Å². The Bertz CT molecular complexity index is 425. The molecule has 1 aliphatic rings. The number of nitrogens with one attached hydrogen (secondary N) is 1. The van der Waals surface area contributed by atoms with Crippen molar-refractivity contribution in [3.05, 3.63) is 29.8 Å². The average molecular weight is 277 g/mol. The van der Waals surface area contributed by atoms with Crippen LogP contribution in [-0.2, 0) is 11.3 Å². The van der Waals surface area contributed by atoms with Gasteiger partial charge in [0.1, 0.15) is 5.75 Å². The summed E-state index contributed by atoms with van der Waals surface area (Å²) in [6, 6.07) is 8.55. The Morgan fingerprint density at radius 2 is 2.00 bits per heavy atom. The SMILES string of the molecule is COc1ccc(CNC2CCN(C(=O)CN)CC2)cc1. The van der Waals surface area contributed by atoms with Crippen LogP contribution in [0.25, 0.3) is 0 Å². The van der Waals surface area contributed by atoms with Gasteiger partial charge in [0.25, 0.3) is 0 Å². The summed E-state index contributed by atoms with van der Waals surface area (Å²) in [5, 5.41) is 3.54. The van der Waals surface area contributed by atoms with Crippen LogP contribution in [0.5, 0.6) is 5.75 Å². The molecule has 5 heteroatoms. The van der Waals surface area contributed by atoms with Crippen molar-refractivity contribution in [1.82, 2.24) is 10.2 Å². The minimum absolute atomic E-state index is 0.0543. The highest BCUT2D eigenvalue weighted by atomic mass is 16.5. The molecule has 1 fully saturated rings. The van der Waals surface area contributed by atoms with Crippen molar-refractivity contribution < 1.29 is 9.53 Å². The summed E-state index contributed by atoms with van der Waals surface area (Å²) in [4.78, 5) is 13.3. The van der Waals surface area contributed by atoms with E-state index in [1.54, 1.807) is 7.11 Å². The van der Waals surface area contributed by atoms with Gasteiger partial charge in [-0.25, -0.2) is 0 Å². The molecule has 1 aromatic rings. The van der Waals surface area contributed by atoms with Gasteiger partial charge in [0, 0.05) is 25.7 Å². The number of carbonyl (C=O) groups excluding carboxylic acids is 1. The van der Waals surface area contributed by atoms with Gasteiger partial charge < -0.3 is 20.7 Å². The van der Waals surface area contributed by atoms with Crippen molar-refractivity contribution in [3.8, 4) is 5.75 Å². The van der Waals surface area contributed by atoms with Crippen LogP contribution in [0.1, 0.15) is 18.4 Å². The van der Waals surface area contributed by atoms with Gasteiger partial charge in [0.2, 0.25) is 5.91 Å². The van der Waals surface area contributed by atoms with Gasteiger partial charge in [-0.3, -0.25) is 4.79 Å². The maximum absolute atomic E-state index is 11.5. The van der Waals surface area contributed by atoms with E-state index in [9.17, 15) is 4.79 Å². The van der Waals surface area contributed by atoms with Crippen LogP contribution in [0, 0.1) is 0 Å². The number of rotatable bonds is 5. The van der Waals surface area contributed by atoms with E-state index in [1.807, 2.05) is 17.0 Å². The van der Waals surface area contributed by atoms with Gasteiger partial charge in [0.15, 0.2) is 0 Å². The lowest BCUT2D eigenvalue weighted by Gasteiger charge is -2.32. The lowest BCUT2D eigenvalue weighted by Crippen LogP contribution is -2.46. The molecular weight excluding hydrogens is 254 g/mol. The quantitative estimate of drug-likeness (QED) is 0.833. The first kappa shape index (κ1) is 14.8. The monoisotopic (exact) mass is 277 g/mol. The van der Waals surface area contributed by atoms with E-state index in [0.29, 0.717) is 6.04 Å². The summed E-state index contributed by atoms with van der Waals surface area (Å²) in [6.07, 6.45) is 1.98. The number of methoxy groups -OCH3 is 1. The Balaban J connectivity index is 1.74. The smallest absolute Gasteiger partial charge is 0.236 e. The molecule has 1 aromatic carbocycles. The number of ether oxygens (including phenoxy) is 1. The van der Waals surface area contributed by atoms with Crippen molar-refractivity contribution in [2.75, 3.05) is 26.7 Å². The van der Waals surface area contributed by atoms with Crippen LogP contribution < -0.4 is 15.8 Å². The molecule has 1 amide bonds. The molecule has 0 saturated carbocycles. The molecule has 1 aliphatic heterocycles. The number of benzene rings is 1. The molecule has 3 N–H and O–H groups in total. The lowest BCUT2D eigenvalue weighted by molar-refractivity contribution is -0.130. The number of nitrogens with zero attached hydrogens (tertiary/aromatic N) is 1. The van der Waals surface area contributed by atoms with E-state index in [0.717, 1.165) is 38.2 Å². The molecule has 0 bridgehead atoms. The summed E-state index contributed by atoms with van der Waals surface area (Å²) in [5.74, 6) is 0.931. The van der Waals surface area contributed by atoms with Crippen LogP contribution in [0.4, 0.5) is 0 Å². The van der Waals surface area contributed by atoms with Crippen LogP contribution in [0.3, 0.4) is 0 Å². The molecule has 20 heavy (non-hydrogen) atoms. The van der Waals surface area contributed by atoms with Gasteiger partial charge in [-0.15, -0.1) is 0 Å². The first-order valence-corrected chi connectivity index (χ1v) is 7.07. The maximum Gasteiger partial charge on any atom is 0.236 e. The number of nitrogens with two attached hydrogens (primary N) is 1. The zero-order chi connectivity index (χ0) is 14.4. The fraction of sp³-hybridized carbons (Fsp3) is 0.533. The Morgan fingerprint density at radius 3 is 2.55 bits per heavy atom. The van der Waals surface area contributed by atoms with Crippen LogP contribution in [0.2, 0.25) is 0 Å². The number of amides is 1. The van der Waals surface area contributed by atoms with Gasteiger partial charge in [-0.2, -0.15) is 0 Å². The molecule has 0 unspecified atom stereocenters. The predicted octanol–water partition coefficient (Wildman–Crippen LogP) is 0.735. The minimum Gasteiger partial charge on any atom is -0.497 e. The van der Waals surface area contributed by atoms with Crippen molar-refractivity contribution in [3.63, 3.8) is 0 Å². The number of hydrogen-bond donors (Lipinski definition) is 2. The summed E-state index contributed by atoms with van der Waals surface area (Å²) < 4.78 is 5.14. The van der Waals surface area contributed by atoms with Crippen LogP contribution >= 0.6 is 0 Å². The number of likely N-dealkylation sites (tertiary alicyclic amines) is 1. The van der Waals surface area contributed by atoms with E-state index >= 15 is 0 Å². The highest BCUT2D eigenvalue weighted by Crippen LogP contribution is 2.13. The molecule has 0 radical (unpaired) electrons. The van der Waals surface area contributed by atoms with Crippen molar-refractivity contribution >= 4 is 5.91 Å².